The third kappa shape index (κ3) is 4.84. The van der Waals surface area contributed by atoms with Crippen molar-refractivity contribution in [3.05, 3.63) is 65.2 Å². The van der Waals surface area contributed by atoms with Crippen molar-refractivity contribution >= 4 is 39.1 Å². The number of ether oxygens (including phenoxy) is 1. The summed E-state index contributed by atoms with van der Waals surface area (Å²) in [4.78, 5) is 47.1. The second-order valence-electron chi connectivity index (χ2n) is 11.6. The monoisotopic (exact) mass is 622 g/mol. The second-order valence-corrected chi connectivity index (χ2v) is 13.5. The van der Waals surface area contributed by atoms with Gasteiger partial charge in [0.25, 0.3) is 17.6 Å². The Morgan fingerprint density at radius 3 is 2.20 bits per heavy atom. The quantitative estimate of drug-likeness (QED) is 0.284. The van der Waals surface area contributed by atoms with Crippen molar-refractivity contribution in [1.29, 1.82) is 0 Å². The van der Waals surface area contributed by atoms with E-state index in [1.54, 1.807) is 24.3 Å². The van der Waals surface area contributed by atoms with Gasteiger partial charge < -0.3 is 19.6 Å². The number of carbonyl (C=O) groups is 3. The number of hydrogen-bond donors (Lipinski definition) is 1. The molecule has 0 saturated carbocycles. The molecule has 11 nitrogen and oxygen atoms in total. The molecule has 1 atom stereocenters. The Hall–Kier alpha value is -3.58. The van der Waals surface area contributed by atoms with E-state index in [-0.39, 0.29) is 22.6 Å². The molecule has 3 saturated heterocycles. The van der Waals surface area contributed by atoms with Gasteiger partial charge in [0.05, 0.1) is 29.4 Å². The van der Waals surface area contributed by atoms with Crippen LogP contribution in [0.25, 0.3) is 5.76 Å². The number of amides is 2. The second kappa shape index (κ2) is 12.1. The van der Waals surface area contributed by atoms with Crippen LogP contribution in [0, 0.1) is 0 Å². The molecule has 0 radical (unpaired) electrons. The number of aliphatic hydroxyl groups excluding tert-OH is 1. The molecule has 4 aliphatic rings. The molecular weight excluding hydrogens is 584 g/mol. The average molecular weight is 623 g/mol. The van der Waals surface area contributed by atoms with E-state index in [2.05, 4.69) is 4.90 Å². The zero-order chi connectivity index (χ0) is 31.1. The lowest BCUT2D eigenvalue weighted by Crippen LogP contribution is -2.54. The summed E-state index contributed by atoms with van der Waals surface area (Å²) < 4.78 is 33.6. The van der Waals surface area contributed by atoms with Gasteiger partial charge in [0.1, 0.15) is 5.76 Å². The SMILES string of the molecule is CCN1C(=O)C2(/C(=C(/O)c3ccc(S(=O)(=O)N4CCCCCC4)cc3)C(=O)C(=O)N2CCN2CCOCC2)c2ccccc21. The molecule has 1 spiro atoms. The van der Waals surface area contributed by atoms with E-state index in [1.165, 1.54) is 38.4 Å². The summed E-state index contributed by atoms with van der Waals surface area (Å²) in [7, 11) is -3.74. The number of nitrogens with zero attached hydrogens (tertiary/aromatic N) is 4. The molecule has 0 bridgehead atoms. The predicted octanol–water partition coefficient (Wildman–Crippen LogP) is 2.53. The molecule has 234 valence electrons. The minimum atomic E-state index is -3.74. The first-order valence-corrected chi connectivity index (χ1v) is 16.8. The lowest BCUT2D eigenvalue weighted by atomic mass is 9.82. The number of para-hydroxylation sites is 1. The molecule has 0 aromatic heterocycles. The van der Waals surface area contributed by atoms with Crippen LogP contribution in [-0.2, 0) is 34.7 Å². The first kappa shape index (κ1) is 30.4. The maximum Gasteiger partial charge on any atom is 0.296 e. The highest BCUT2D eigenvalue weighted by atomic mass is 32.2. The highest BCUT2D eigenvalue weighted by Crippen LogP contribution is 2.53. The van der Waals surface area contributed by atoms with E-state index >= 15 is 0 Å². The van der Waals surface area contributed by atoms with Crippen LogP contribution in [0.15, 0.2) is 59.0 Å². The molecule has 1 N–H and O–H groups in total. The topological polar surface area (TPSA) is 128 Å². The van der Waals surface area contributed by atoms with Gasteiger partial charge in [0.2, 0.25) is 10.0 Å². The number of fused-ring (bicyclic) bond motifs is 2. The number of likely N-dealkylation sites (tertiary alicyclic amines) is 1. The summed E-state index contributed by atoms with van der Waals surface area (Å²) in [6.07, 6.45) is 3.58. The van der Waals surface area contributed by atoms with E-state index in [0.717, 1.165) is 25.7 Å². The molecule has 4 heterocycles. The number of morpholine rings is 1. The average Bonchev–Trinajstić information content (AvgIpc) is 3.24. The molecule has 6 rings (SSSR count). The fourth-order valence-electron chi connectivity index (χ4n) is 6.91. The summed E-state index contributed by atoms with van der Waals surface area (Å²) in [6, 6.07) is 12.7. The van der Waals surface area contributed by atoms with Crippen molar-refractivity contribution in [2.75, 3.05) is 63.9 Å². The van der Waals surface area contributed by atoms with Crippen LogP contribution in [-0.4, -0.2) is 104 Å². The Bertz CT molecular complexity index is 1590. The van der Waals surface area contributed by atoms with Gasteiger partial charge in [-0.3, -0.25) is 19.3 Å². The number of anilines is 1. The molecule has 3 fully saturated rings. The normalized spacial score (nSPS) is 24.7. The van der Waals surface area contributed by atoms with Gasteiger partial charge in [0.15, 0.2) is 5.54 Å². The molecule has 2 amide bonds. The number of ketones is 1. The molecule has 2 aromatic rings. The van der Waals surface area contributed by atoms with Gasteiger partial charge in [-0.1, -0.05) is 31.0 Å². The van der Waals surface area contributed by atoms with E-state index in [0.29, 0.717) is 63.7 Å². The Kier molecular flexibility index (Phi) is 8.35. The van der Waals surface area contributed by atoms with Gasteiger partial charge in [-0.25, -0.2) is 8.42 Å². The molecule has 1 unspecified atom stereocenters. The smallest absolute Gasteiger partial charge is 0.296 e. The summed E-state index contributed by atoms with van der Waals surface area (Å²) in [5, 5.41) is 11.8. The summed E-state index contributed by atoms with van der Waals surface area (Å²) in [5.41, 5.74) is -0.988. The molecular formula is C32H38N4O7S. The van der Waals surface area contributed by atoms with Crippen LogP contribution in [0.2, 0.25) is 0 Å². The van der Waals surface area contributed by atoms with Crippen LogP contribution >= 0.6 is 0 Å². The Balaban J connectivity index is 1.44. The summed E-state index contributed by atoms with van der Waals surface area (Å²) >= 11 is 0. The highest BCUT2D eigenvalue weighted by Gasteiger charge is 2.66. The minimum Gasteiger partial charge on any atom is -0.507 e. The van der Waals surface area contributed by atoms with Crippen LogP contribution < -0.4 is 4.90 Å². The first-order valence-electron chi connectivity index (χ1n) is 15.3. The van der Waals surface area contributed by atoms with Crippen molar-refractivity contribution in [3.63, 3.8) is 0 Å². The lowest BCUT2D eigenvalue weighted by molar-refractivity contribution is -0.144. The molecule has 12 heteroatoms. The van der Waals surface area contributed by atoms with Gasteiger partial charge in [-0.05, 0) is 50.1 Å². The molecule has 44 heavy (non-hydrogen) atoms. The number of carbonyl (C=O) groups excluding carboxylic acids is 3. The van der Waals surface area contributed by atoms with Gasteiger partial charge in [0, 0.05) is 56.9 Å². The van der Waals surface area contributed by atoms with Crippen molar-refractivity contribution in [3.8, 4) is 0 Å². The van der Waals surface area contributed by atoms with E-state index < -0.39 is 38.9 Å². The van der Waals surface area contributed by atoms with Crippen LogP contribution in [0.4, 0.5) is 5.69 Å². The number of aliphatic hydroxyl groups is 1. The Labute approximate surface area is 257 Å². The third-order valence-corrected chi connectivity index (χ3v) is 11.1. The molecule has 2 aromatic carbocycles. The third-order valence-electron chi connectivity index (χ3n) is 9.20. The number of benzene rings is 2. The highest BCUT2D eigenvalue weighted by molar-refractivity contribution is 7.89. The number of sulfonamides is 1. The van der Waals surface area contributed by atoms with Gasteiger partial charge >= 0.3 is 0 Å². The summed E-state index contributed by atoms with van der Waals surface area (Å²) in [5.74, 6) is -2.81. The Morgan fingerprint density at radius 2 is 1.55 bits per heavy atom. The maximum atomic E-state index is 14.4. The maximum absolute atomic E-state index is 14.4. The predicted molar refractivity (Wildman–Crippen MR) is 163 cm³/mol. The first-order chi connectivity index (χ1) is 21.2. The van der Waals surface area contributed by atoms with Crippen LogP contribution in [0.3, 0.4) is 0 Å². The standard InChI is InChI=1S/C32H38N4O7S/c1-2-35-26-10-6-5-9-25(26)32(31(35)40)27(29(38)30(39)36(32)18-17-33-19-21-43-22-20-33)28(37)23-11-13-24(14-12-23)44(41,42)34-15-7-3-4-8-16-34/h5-6,9-14,37H,2-4,7-8,15-22H2,1H3/b28-27+. The zero-order valence-electron chi connectivity index (χ0n) is 24.9. The van der Waals surface area contributed by atoms with E-state index in [9.17, 15) is 27.9 Å². The lowest BCUT2D eigenvalue weighted by Gasteiger charge is -2.36. The van der Waals surface area contributed by atoms with E-state index in [4.69, 9.17) is 4.74 Å². The minimum absolute atomic E-state index is 0.0797. The van der Waals surface area contributed by atoms with E-state index in [1.807, 2.05) is 6.92 Å². The van der Waals surface area contributed by atoms with Crippen LogP contribution in [0.5, 0.6) is 0 Å². The molecule has 4 aliphatic heterocycles. The number of hydrogen-bond acceptors (Lipinski definition) is 8. The van der Waals surface area contributed by atoms with Crippen molar-refractivity contribution < 1.29 is 32.6 Å². The zero-order valence-corrected chi connectivity index (χ0v) is 25.7. The van der Waals surface area contributed by atoms with Gasteiger partial charge in [-0.15, -0.1) is 0 Å². The largest absolute Gasteiger partial charge is 0.507 e. The van der Waals surface area contributed by atoms with Crippen LogP contribution in [0.1, 0.15) is 43.7 Å². The van der Waals surface area contributed by atoms with Crippen molar-refractivity contribution in [2.45, 2.75) is 43.0 Å². The fourth-order valence-corrected chi connectivity index (χ4v) is 8.42. The van der Waals surface area contributed by atoms with Gasteiger partial charge in [-0.2, -0.15) is 4.31 Å². The Morgan fingerprint density at radius 1 is 0.886 bits per heavy atom. The number of Topliss-reactive ketones (excluding diaryl/α,β-unsaturated/α-hetero) is 1. The summed E-state index contributed by atoms with van der Waals surface area (Å²) in [6.45, 7) is 5.96. The van der Waals surface area contributed by atoms with Crippen molar-refractivity contribution in [2.24, 2.45) is 0 Å². The molecule has 0 aliphatic carbocycles. The number of rotatable bonds is 7. The fraction of sp³-hybridized carbons (Fsp3) is 0.469. The van der Waals surface area contributed by atoms with Crippen molar-refractivity contribution in [1.82, 2.24) is 14.1 Å². The number of likely N-dealkylation sites (N-methyl/N-ethyl adjacent to an activating group) is 1.